The van der Waals surface area contributed by atoms with E-state index in [1.165, 1.54) is 17.0 Å². The molecule has 10 heteroatoms. The molecule has 3 heterocycles. The summed E-state index contributed by atoms with van der Waals surface area (Å²) in [6, 6.07) is 8.06. The maximum absolute atomic E-state index is 14.2. The zero-order valence-corrected chi connectivity index (χ0v) is 24.9. The van der Waals surface area contributed by atoms with Gasteiger partial charge in [-0.25, -0.2) is 8.78 Å². The van der Waals surface area contributed by atoms with E-state index in [1.807, 2.05) is 31.2 Å². The molecule has 3 spiro atoms. The molecule has 7 rings (SSSR count). The molecule has 0 aromatic heterocycles. The second kappa shape index (κ2) is 10.9. The van der Waals surface area contributed by atoms with Crippen LogP contribution < -0.4 is 16.0 Å². The molecular formula is C35H34F2N4O4. The number of allylic oxidation sites excluding steroid dienone is 3. The van der Waals surface area contributed by atoms with Gasteiger partial charge in [-0.1, -0.05) is 18.2 Å². The maximum atomic E-state index is 14.2. The number of carbonyl (C=O) groups excluding carboxylic acids is 3. The molecule has 3 amide bonds. The van der Waals surface area contributed by atoms with Crippen molar-refractivity contribution in [2.24, 2.45) is 10.8 Å². The fraction of sp³-hybridized carbons (Fsp3) is 0.371. The summed E-state index contributed by atoms with van der Waals surface area (Å²) in [5.41, 5.74) is 5.14. The van der Waals surface area contributed by atoms with Crippen LogP contribution in [0.5, 0.6) is 0 Å². The maximum Gasteiger partial charge on any atom is 0.244 e. The van der Waals surface area contributed by atoms with Crippen LogP contribution >= 0.6 is 0 Å². The first-order chi connectivity index (χ1) is 21.6. The average molecular weight is 613 g/mol. The molecule has 5 aliphatic rings. The second-order valence-electron chi connectivity index (χ2n) is 13.0. The van der Waals surface area contributed by atoms with Gasteiger partial charge in [-0.15, -0.1) is 5.73 Å². The van der Waals surface area contributed by atoms with Gasteiger partial charge < -0.3 is 25.6 Å². The Morgan fingerprint density at radius 2 is 1.87 bits per heavy atom. The molecule has 1 saturated carbocycles. The number of nitrogens with zero attached hydrogens (tertiary/aromatic N) is 1. The highest BCUT2D eigenvalue weighted by Gasteiger charge is 2.64. The van der Waals surface area contributed by atoms with Gasteiger partial charge in [0.1, 0.15) is 18.2 Å². The lowest BCUT2D eigenvalue weighted by molar-refractivity contribution is -0.207. The number of piperazine rings is 1. The summed E-state index contributed by atoms with van der Waals surface area (Å²) in [6.45, 7) is 3.06. The molecule has 2 atom stereocenters. The van der Waals surface area contributed by atoms with Gasteiger partial charge in [0.15, 0.2) is 0 Å². The lowest BCUT2D eigenvalue weighted by Crippen LogP contribution is -2.76. The Labute approximate surface area is 259 Å². The topological polar surface area (TPSA) is 99.8 Å². The smallest absolute Gasteiger partial charge is 0.244 e. The lowest BCUT2D eigenvalue weighted by atomic mass is 9.55. The van der Waals surface area contributed by atoms with Crippen molar-refractivity contribution >= 4 is 23.4 Å². The largest absolute Gasteiger partial charge is 0.380 e. The van der Waals surface area contributed by atoms with Crippen molar-refractivity contribution in [3.8, 4) is 0 Å². The monoisotopic (exact) mass is 612 g/mol. The van der Waals surface area contributed by atoms with Crippen LogP contribution in [0.2, 0.25) is 0 Å². The molecule has 2 unspecified atom stereocenters. The van der Waals surface area contributed by atoms with E-state index in [4.69, 9.17) is 4.74 Å². The van der Waals surface area contributed by atoms with E-state index in [9.17, 15) is 23.2 Å². The summed E-state index contributed by atoms with van der Waals surface area (Å²) in [4.78, 5) is 41.9. The third-order valence-electron chi connectivity index (χ3n) is 9.89. The standard InChI is InChI=1S/C35H34F2N4O4/c1-2-3-4-5-6-25-15-38-31(43)34(25)13-22-7-8-28(11-24(22)14-34)40-30(42)17-41-29(23-9-26(36)12-27(37)10-23)16-39-35(32(41)44)18-33(19-35)20-45-21-33/h2,4-12,15,29,39H,13-14,16-21H2,1H3,(H,38,43)(H,40,42)/b6-5-. The first kappa shape index (κ1) is 29.3. The first-order valence-corrected chi connectivity index (χ1v) is 15.2. The van der Waals surface area contributed by atoms with E-state index in [0.29, 0.717) is 44.6 Å². The number of amides is 3. The summed E-state index contributed by atoms with van der Waals surface area (Å²) in [5.74, 6) is -2.22. The highest BCUT2D eigenvalue weighted by Crippen LogP contribution is 2.55. The minimum absolute atomic E-state index is 0.0273. The van der Waals surface area contributed by atoms with Crippen LogP contribution in [0.15, 0.2) is 78.2 Å². The van der Waals surface area contributed by atoms with Crippen LogP contribution in [0.25, 0.3) is 0 Å². The number of anilines is 1. The Balaban J connectivity index is 1.09. The van der Waals surface area contributed by atoms with Gasteiger partial charge in [0, 0.05) is 29.9 Å². The summed E-state index contributed by atoms with van der Waals surface area (Å²) >= 11 is 0. The van der Waals surface area contributed by atoms with Crippen LogP contribution in [-0.4, -0.2) is 54.5 Å². The lowest BCUT2D eigenvalue weighted by Gasteiger charge is -2.62. The predicted molar refractivity (Wildman–Crippen MR) is 163 cm³/mol. The first-order valence-electron chi connectivity index (χ1n) is 15.2. The predicted octanol–water partition coefficient (Wildman–Crippen LogP) is 4.01. The number of ether oxygens (including phenoxy) is 1. The molecule has 45 heavy (non-hydrogen) atoms. The van der Waals surface area contributed by atoms with Gasteiger partial charge in [-0.05, 0) is 91.3 Å². The van der Waals surface area contributed by atoms with Crippen LogP contribution in [0.4, 0.5) is 14.5 Å². The molecule has 2 aliphatic carbocycles. The van der Waals surface area contributed by atoms with Gasteiger partial charge in [0.2, 0.25) is 17.7 Å². The van der Waals surface area contributed by atoms with Crippen molar-refractivity contribution in [1.82, 2.24) is 15.5 Å². The van der Waals surface area contributed by atoms with E-state index in [0.717, 1.165) is 22.8 Å². The zero-order chi connectivity index (χ0) is 31.4. The molecule has 0 bridgehead atoms. The number of halogens is 2. The summed E-state index contributed by atoms with van der Waals surface area (Å²) < 4.78 is 33.8. The van der Waals surface area contributed by atoms with E-state index in [1.54, 1.807) is 24.4 Å². The van der Waals surface area contributed by atoms with Crippen LogP contribution in [0.1, 0.15) is 42.5 Å². The quantitative estimate of drug-likeness (QED) is 0.338. The van der Waals surface area contributed by atoms with Crippen molar-refractivity contribution in [2.45, 2.75) is 44.2 Å². The Bertz CT molecular complexity index is 1710. The van der Waals surface area contributed by atoms with Crippen molar-refractivity contribution in [2.75, 3.05) is 31.6 Å². The summed E-state index contributed by atoms with van der Waals surface area (Å²) in [7, 11) is 0. The Hall–Kier alpha value is -4.37. The van der Waals surface area contributed by atoms with Gasteiger partial charge in [0.05, 0.1) is 30.2 Å². The molecule has 3 N–H and O–H groups in total. The normalized spacial score (nSPS) is 25.4. The van der Waals surface area contributed by atoms with Gasteiger partial charge >= 0.3 is 0 Å². The fourth-order valence-electron chi connectivity index (χ4n) is 7.78. The second-order valence-corrected chi connectivity index (χ2v) is 13.0. The number of carbonyl (C=O) groups is 3. The van der Waals surface area contributed by atoms with Crippen molar-refractivity contribution < 1.29 is 27.9 Å². The molecule has 3 aliphatic heterocycles. The summed E-state index contributed by atoms with van der Waals surface area (Å²) in [6.07, 6.45) is 11.3. The Morgan fingerprint density at radius 1 is 1.11 bits per heavy atom. The number of hydrogen-bond donors (Lipinski definition) is 3. The molecule has 2 saturated heterocycles. The van der Waals surface area contributed by atoms with Crippen LogP contribution in [-0.2, 0) is 32.0 Å². The van der Waals surface area contributed by atoms with Crippen LogP contribution in [0, 0.1) is 22.5 Å². The number of fused-ring (bicyclic) bond motifs is 1. The minimum atomic E-state index is -0.821. The number of benzene rings is 2. The highest BCUT2D eigenvalue weighted by atomic mass is 19.1. The molecule has 0 radical (unpaired) electrons. The Morgan fingerprint density at radius 3 is 2.58 bits per heavy atom. The number of hydrogen-bond acceptors (Lipinski definition) is 5. The van der Waals surface area contributed by atoms with E-state index in [2.05, 4.69) is 21.7 Å². The number of nitrogens with one attached hydrogen (secondary N) is 3. The third-order valence-corrected chi connectivity index (χ3v) is 9.89. The molecular weight excluding hydrogens is 578 g/mol. The van der Waals surface area contributed by atoms with Crippen molar-refractivity contribution in [1.29, 1.82) is 0 Å². The fourth-order valence-corrected chi connectivity index (χ4v) is 7.78. The van der Waals surface area contributed by atoms with Crippen LogP contribution in [0.3, 0.4) is 0 Å². The third kappa shape index (κ3) is 5.03. The SMILES string of the molecule is CC=C=C/C=C\C1=CNC(=O)C12Cc1ccc(NC(=O)CN3C(=O)C4(CC5(COC5)C4)NCC3c3cc(F)cc(F)c3)cc1C2. The molecule has 2 aromatic rings. The number of rotatable bonds is 6. The van der Waals surface area contributed by atoms with Crippen molar-refractivity contribution in [3.63, 3.8) is 0 Å². The minimum Gasteiger partial charge on any atom is -0.380 e. The zero-order valence-electron chi connectivity index (χ0n) is 24.9. The molecule has 3 fully saturated rings. The van der Waals surface area contributed by atoms with E-state index >= 15 is 0 Å². The Kier molecular flexibility index (Phi) is 7.11. The van der Waals surface area contributed by atoms with E-state index in [-0.39, 0.29) is 35.9 Å². The molecule has 8 nitrogen and oxygen atoms in total. The molecule has 2 aromatic carbocycles. The molecule has 232 valence electrons. The van der Waals surface area contributed by atoms with Gasteiger partial charge in [-0.3, -0.25) is 14.4 Å². The summed E-state index contributed by atoms with van der Waals surface area (Å²) in [5, 5.41) is 9.14. The van der Waals surface area contributed by atoms with Crippen molar-refractivity contribution in [3.05, 3.63) is 107 Å². The van der Waals surface area contributed by atoms with Gasteiger partial charge in [0.25, 0.3) is 0 Å². The average Bonchev–Trinajstić information content (AvgIpc) is 3.48. The van der Waals surface area contributed by atoms with Gasteiger partial charge in [-0.2, -0.15) is 0 Å². The van der Waals surface area contributed by atoms with E-state index < -0.39 is 34.5 Å². The highest BCUT2D eigenvalue weighted by molar-refractivity contribution is 5.98.